The fraction of sp³-hybridized carbons (Fsp3) is 0. The molecule has 9 heteroatoms. The molecule has 25 heavy (non-hydrogen) atoms. The van der Waals surface area contributed by atoms with E-state index in [1.165, 1.54) is 42.5 Å². The van der Waals surface area contributed by atoms with E-state index in [-0.39, 0.29) is 10.6 Å². The summed E-state index contributed by atoms with van der Waals surface area (Å²) in [7, 11) is 0. The molecule has 0 saturated heterocycles. The van der Waals surface area contributed by atoms with Crippen LogP contribution in [0.1, 0.15) is 15.9 Å². The van der Waals surface area contributed by atoms with E-state index in [0.717, 1.165) is 12.1 Å². The predicted octanol–water partition coefficient (Wildman–Crippen LogP) is 2.86. The van der Waals surface area contributed by atoms with Crippen molar-refractivity contribution in [3.8, 4) is 0 Å². The van der Waals surface area contributed by atoms with Crippen LogP contribution in [-0.2, 0) is 4.79 Å². The zero-order valence-corrected chi connectivity index (χ0v) is 13.3. The van der Waals surface area contributed by atoms with Gasteiger partial charge in [-0.3, -0.25) is 30.6 Å². The quantitative estimate of drug-likeness (QED) is 0.495. The summed E-state index contributed by atoms with van der Waals surface area (Å²) in [6.45, 7) is 0. The molecule has 2 aromatic rings. The van der Waals surface area contributed by atoms with Crippen molar-refractivity contribution in [2.45, 2.75) is 0 Å². The Morgan fingerprint density at radius 1 is 1.12 bits per heavy atom. The van der Waals surface area contributed by atoms with Crippen LogP contribution in [0.25, 0.3) is 6.08 Å². The van der Waals surface area contributed by atoms with Gasteiger partial charge in [0.05, 0.1) is 4.92 Å². The molecule has 2 amide bonds. The highest BCUT2D eigenvalue weighted by Gasteiger charge is 2.16. The van der Waals surface area contributed by atoms with Gasteiger partial charge in [0.15, 0.2) is 0 Å². The molecule has 0 aliphatic heterocycles. The molecule has 0 bridgehead atoms. The van der Waals surface area contributed by atoms with E-state index in [0.29, 0.717) is 5.56 Å². The summed E-state index contributed by atoms with van der Waals surface area (Å²) in [6.07, 6.45) is 2.56. The van der Waals surface area contributed by atoms with E-state index >= 15 is 0 Å². The molecule has 0 atom stereocenters. The molecule has 0 heterocycles. The minimum atomic E-state index is -0.747. The number of hydrogen-bond donors (Lipinski definition) is 2. The van der Waals surface area contributed by atoms with Crippen molar-refractivity contribution >= 4 is 35.2 Å². The highest BCUT2D eigenvalue weighted by atomic mass is 35.5. The Labute approximate surface area is 146 Å². The lowest BCUT2D eigenvalue weighted by Gasteiger charge is -2.05. The molecule has 2 aromatic carbocycles. The minimum absolute atomic E-state index is 0.0427. The molecule has 0 aliphatic carbocycles. The van der Waals surface area contributed by atoms with Crippen molar-refractivity contribution in [1.82, 2.24) is 10.9 Å². The third kappa shape index (κ3) is 5.11. The van der Waals surface area contributed by atoms with Crippen LogP contribution in [0, 0.1) is 15.9 Å². The SMILES string of the molecule is O=C(C=Cc1ccc(F)cc1)NNC(=O)c1ccc(Cl)c([N+](=O)[O-])c1. The van der Waals surface area contributed by atoms with Crippen LogP contribution >= 0.6 is 11.6 Å². The summed E-state index contributed by atoms with van der Waals surface area (Å²) >= 11 is 5.66. The summed E-state index contributed by atoms with van der Waals surface area (Å²) in [5, 5.41) is 10.7. The maximum absolute atomic E-state index is 12.8. The maximum Gasteiger partial charge on any atom is 0.288 e. The van der Waals surface area contributed by atoms with Crippen molar-refractivity contribution in [3.05, 3.63) is 80.6 Å². The van der Waals surface area contributed by atoms with Gasteiger partial charge in [0, 0.05) is 17.7 Å². The number of nitro groups is 1. The summed E-state index contributed by atoms with van der Waals surface area (Å²) in [6, 6.07) is 8.93. The Morgan fingerprint density at radius 2 is 1.80 bits per heavy atom. The molecule has 0 aliphatic rings. The normalized spacial score (nSPS) is 10.5. The zero-order valence-electron chi connectivity index (χ0n) is 12.5. The standard InChI is InChI=1S/C16H11ClFN3O4/c17-13-7-4-11(9-14(13)21(24)25)16(23)20-19-15(22)8-3-10-1-5-12(18)6-2-10/h1-9H,(H,19,22)(H,20,23). The molecule has 0 unspecified atom stereocenters. The van der Waals surface area contributed by atoms with Gasteiger partial charge in [0.1, 0.15) is 10.8 Å². The van der Waals surface area contributed by atoms with Gasteiger partial charge in [-0.1, -0.05) is 23.7 Å². The first-order chi connectivity index (χ1) is 11.9. The third-order valence-corrected chi connectivity index (χ3v) is 3.32. The number of carbonyl (C=O) groups excluding carboxylic acids is 2. The second-order valence-corrected chi connectivity index (χ2v) is 5.16. The molecule has 2 N–H and O–H groups in total. The summed E-state index contributed by atoms with van der Waals surface area (Å²) in [5.41, 5.74) is 4.37. The Balaban J connectivity index is 1.95. The van der Waals surface area contributed by atoms with Crippen LogP contribution in [0.15, 0.2) is 48.5 Å². The third-order valence-electron chi connectivity index (χ3n) is 3.00. The zero-order chi connectivity index (χ0) is 18.4. The van der Waals surface area contributed by atoms with E-state index < -0.39 is 28.2 Å². The van der Waals surface area contributed by atoms with Gasteiger partial charge in [-0.15, -0.1) is 0 Å². The topological polar surface area (TPSA) is 101 Å². The highest BCUT2D eigenvalue weighted by Crippen LogP contribution is 2.24. The van der Waals surface area contributed by atoms with Gasteiger partial charge >= 0.3 is 0 Å². The van der Waals surface area contributed by atoms with Crippen LogP contribution in [0.4, 0.5) is 10.1 Å². The average molecular weight is 364 g/mol. The Morgan fingerprint density at radius 3 is 2.44 bits per heavy atom. The molecule has 128 valence electrons. The predicted molar refractivity (Wildman–Crippen MR) is 89.1 cm³/mol. The van der Waals surface area contributed by atoms with E-state index in [9.17, 15) is 24.1 Å². The van der Waals surface area contributed by atoms with Gasteiger partial charge in [-0.05, 0) is 35.9 Å². The van der Waals surface area contributed by atoms with Gasteiger partial charge in [-0.25, -0.2) is 4.39 Å². The van der Waals surface area contributed by atoms with Crippen molar-refractivity contribution in [1.29, 1.82) is 0 Å². The van der Waals surface area contributed by atoms with Gasteiger partial charge in [0.25, 0.3) is 17.5 Å². The Bertz CT molecular complexity index is 853. The lowest BCUT2D eigenvalue weighted by molar-refractivity contribution is -0.384. The number of benzene rings is 2. The van der Waals surface area contributed by atoms with Crippen molar-refractivity contribution in [2.75, 3.05) is 0 Å². The number of amides is 2. The average Bonchev–Trinajstić information content (AvgIpc) is 2.59. The molecule has 0 aromatic heterocycles. The lowest BCUT2D eigenvalue weighted by Crippen LogP contribution is -2.40. The Kier molecular flexibility index (Phi) is 5.80. The fourth-order valence-corrected chi connectivity index (χ4v) is 1.96. The number of hydrogen-bond acceptors (Lipinski definition) is 4. The number of hydrazine groups is 1. The van der Waals surface area contributed by atoms with E-state index in [2.05, 4.69) is 10.9 Å². The molecule has 0 saturated carbocycles. The first-order valence-electron chi connectivity index (χ1n) is 6.85. The van der Waals surface area contributed by atoms with Crippen molar-refractivity contribution < 1.29 is 18.9 Å². The highest BCUT2D eigenvalue weighted by molar-refractivity contribution is 6.32. The molecule has 0 fully saturated rings. The van der Waals surface area contributed by atoms with Gasteiger partial charge in [0.2, 0.25) is 0 Å². The van der Waals surface area contributed by atoms with Crippen molar-refractivity contribution in [2.24, 2.45) is 0 Å². The summed E-state index contributed by atoms with van der Waals surface area (Å²) in [5.74, 6) is -1.78. The first-order valence-corrected chi connectivity index (χ1v) is 7.22. The second-order valence-electron chi connectivity index (χ2n) is 4.75. The molecule has 2 rings (SSSR count). The van der Waals surface area contributed by atoms with E-state index in [1.54, 1.807) is 0 Å². The number of nitrogens with zero attached hydrogens (tertiary/aromatic N) is 1. The molecule has 0 spiro atoms. The van der Waals surface area contributed by atoms with E-state index in [4.69, 9.17) is 11.6 Å². The van der Waals surface area contributed by atoms with Crippen LogP contribution in [0.3, 0.4) is 0 Å². The smallest absolute Gasteiger partial charge is 0.268 e. The van der Waals surface area contributed by atoms with Crippen LogP contribution in [0.2, 0.25) is 5.02 Å². The summed E-state index contributed by atoms with van der Waals surface area (Å²) < 4.78 is 12.8. The molecular weight excluding hydrogens is 353 g/mol. The molecule has 7 nitrogen and oxygen atoms in total. The number of nitrogens with one attached hydrogen (secondary N) is 2. The van der Waals surface area contributed by atoms with Crippen LogP contribution in [0.5, 0.6) is 0 Å². The van der Waals surface area contributed by atoms with Gasteiger partial charge < -0.3 is 0 Å². The largest absolute Gasteiger partial charge is 0.288 e. The fourth-order valence-electron chi connectivity index (χ4n) is 1.77. The number of nitro benzene ring substituents is 1. The minimum Gasteiger partial charge on any atom is -0.268 e. The van der Waals surface area contributed by atoms with Crippen molar-refractivity contribution in [3.63, 3.8) is 0 Å². The second kappa shape index (κ2) is 8.02. The Hall–Kier alpha value is -3.26. The number of halogens is 2. The van der Waals surface area contributed by atoms with E-state index in [1.807, 2.05) is 0 Å². The number of carbonyl (C=O) groups is 2. The lowest BCUT2D eigenvalue weighted by atomic mass is 10.2. The number of rotatable bonds is 4. The monoisotopic (exact) mass is 363 g/mol. The first kappa shape index (κ1) is 18.1. The molecular formula is C16H11ClFN3O4. The van der Waals surface area contributed by atoms with Crippen LogP contribution in [-0.4, -0.2) is 16.7 Å². The molecule has 0 radical (unpaired) electrons. The van der Waals surface area contributed by atoms with Crippen LogP contribution < -0.4 is 10.9 Å². The maximum atomic E-state index is 12.8. The van der Waals surface area contributed by atoms with Gasteiger partial charge in [-0.2, -0.15) is 0 Å². The summed E-state index contributed by atoms with van der Waals surface area (Å²) in [4.78, 5) is 33.6.